The number of fused-ring (bicyclic) bond motifs is 1. The van der Waals surface area contributed by atoms with Crippen molar-refractivity contribution in [2.75, 3.05) is 13.1 Å². The fraction of sp³-hybridized carbons (Fsp3) is 0.462. The lowest BCUT2D eigenvalue weighted by atomic mass is 9.98. The number of aldehydes is 1. The van der Waals surface area contributed by atoms with Crippen LogP contribution in [-0.2, 0) is 14.8 Å². The molecular formula is C13H14N2O5S. The molecule has 0 aromatic heterocycles. The fourth-order valence-corrected chi connectivity index (χ4v) is 4.65. The number of hydrogen-bond acceptors (Lipinski definition) is 5. The highest BCUT2D eigenvalue weighted by atomic mass is 32.2. The molecule has 0 amide bonds. The van der Waals surface area contributed by atoms with Crippen molar-refractivity contribution >= 4 is 22.0 Å². The van der Waals surface area contributed by atoms with Gasteiger partial charge >= 0.3 is 0 Å². The molecule has 2 atom stereocenters. The Balaban J connectivity index is 1.92. The minimum atomic E-state index is -3.90. The normalized spacial score (nSPS) is 28.7. The van der Waals surface area contributed by atoms with E-state index in [0.717, 1.165) is 6.29 Å². The maximum atomic E-state index is 12.6. The highest BCUT2D eigenvalue weighted by molar-refractivity contribution is 7.89. The first-order valence-corrected chi connectivity index (χ1v) is 8.05. The van der Waals surface area contributed by atoms with Gasteiger partial charge in [-0.25, -0.2) is 8.42 Å². The Morgan fingerprint density at radius 3 is 2.71 bits per heavy atom. The van der Waals surface area contributed by atoms with Gasteiger partial charge in [0.05, 0.1) is 4.92 Å². The smallest absolute Gasteiger partial charge is 0.289 e. The lowest BCUT2D eigenvalue weighted by Crippen LogP contribution is -2.39. The van der Waals surface area contributed by atoms with E-state index in [0.29, 0.717) is 12.8 Å². The minimum Gasteiger partial charge on any atom is -0.303 e. The zero-order valence-electron chi connectivity index (χ0n) is 11.1. The van der Waals surface area contributed by atoms with Crippen LogP contribution in [0.4, 0.5) is 5.69 Å². The lowest BCUT2D eigenvalue weighted by molar-refractivity contribution is -0.387. The van der Waals surface area contributed by atoms with Crippen molar-refractivity contribution in [1.29, 1.82) is 0 Å². The molecule has 1 saturated heterocycles. The van der Waals surface area contributed by atoms with E-state index < -0.39 is 20.6 Å². The van der Waals surface area contributed by atoms with Crippen molar-refractivity contribution in [1.82, 2.24) is 4.31 Å². The van der Waals surface area contributed by atoms with Crippen LogP contribution in [0.1, 0.15) is 12.8 Å². The first-order valence-electron chi connectivity index (χ1n) is 6.61. The van der Waals surface area contributed by atoms with E-state index in [1.807, 2.05) is 0 Å². The molecule has 112 valence electrons. The number of nitro benzene ring substituents is 1. The predicted octanol–water partition coefficient (Wildman–Crippen LogP) is 1.19. The molecule has 0 bridgehead atoms. The Morgan fingerprint density at radius 1 is 1.38 bits per heavy atom. The van der Waals surface area contributed by atoms with E-state index in [-0.39, 0.29) is 29.3 Å². The summed E-state index contributed by atoms with van der Waals surface area (Å²) in [5.74, 6) is 0.0429. The van der Waals surface area contributed by atoms with Crippen LogP contribution in [0.2, 0.25) is 0 Å². The monoisotopic (exact) mass is 310 g/mol. The van der Waals surface area contributed by atoms with Gasteiger partial charge in [-0.05, 0) is 24.8 Å². The van der Waals surface area contributed by atoms with Crippen LogP contribution in [0, 0.1) is 21.4 Å². The summed E-state index contributed by atoms with van der Waals surface area (Å²) in [4.78, 5) is 21.1. The van der Waals surface area contributed by atoms with Gasteiger partial charge < -0.3 is 4.79 Å². The summed E-state index contributed by atoms with van der Waals surface area (Å²) in [6, 6.07) is 5.34. The average molecular weight is 310 g/mol. The van der Waals surface area contributed by atoms with Crippen LogP contribution >= 0.6 is 0 Å². The number of piperidine rings is 1. The average Bonchev–Trinajstić information content (AvgIpc) is 3.21. The second-order valence-electron chi connectivity index (χ2n) is 5.59. The standard InChI is InChI=1S/C13H14N2O5S/c16-9-13-5-6-14(8-10(13)7-13)21(19,20)12-4-2-1-3-11(12)15(17)18/h1-4,9-10H,5-8H2. The molecule has 0 N–H and O–H groups in total. The highest BCUT2D eigenvalue weighted by Crippen LogP contribution is 2.56. The molecule has 1 aromatic rings. The van der Waals surface area contributed by atoms with Gasteiger partial charge in [-0.15, -0.1) is 0 Å². The van der Waals surface area contributed by atoms with Crippen molar-refractivity contribution in [3.8, 4) is 0 Å². The number of nitrogens with zero attached hydrogens (tertiary/aromatic N) is 2. The van der Waals surface area contributed by atoms with Crippen LogP contribution in [0.3, 0.4) is 0 Å². The first kappa shape index (κ1) is 14.2. The van der Waals surface area contributed by atoms with Gasteiger partial charge in [0.15, 0.2) is 4.90 Å². The van der Waals surface area contributed by atoms with E-state index in [4.69, 9.17) is 0 Å². The summed E-state index contributed by atoms with van der Waals surface area (Å²) in [6.07, 6.45) is 2.12. The summed E-state index contributed by atoms with van der Waals surface area (Å²) >= 11 is 0. The number of carbonyl (C=O) groups is 1. The molecule has 1 heterocycles. The second-order valence-corrected chi connectivity index (χ2v) is 7.50. The number of rotatable bonds is 4. The molecule has 1 aliphatic carbocycles. The van der Waals surface area contributed by atoms with Gasteiger partial charge in [0.1, 0.15) is 6.29 Å². The van der Waals surface area contributed by atoms with Crippen LogP contribution in [-0.4, -0.2) is 37.0 Å². The van der Waals surface area contributed by atoms with Gasteiger partial charge in [-0.2, -0.15) is 4.31 Å². The maximum absolute atomic E-state index is 12.6. The number of benzene rings is 1. The summed E-state index contributed by atoms with van der Waals surface area (Å²) in [7, 11) is -3.90. The molecule has 2 fully saturated rings. The van der Waals surface area contributed by atoms with Crippen molar-refractivity contribution < 1.29 is 18.1 Å². The third-order valence-electron chi connectivity index (χ3n) is 4.44. The Hall–Kier alpha value is -1.80. The number of nitro groups is 1. The van der Waals surface area contributed by atoms with Crippen molar-refractivity contribution in [3.05, 3.63) is 34.4 Å². The molecule has 2 aliphatic rings. The highest BCUT2D eigenvalue weighted by Gasteiger charge is 2.58. The van der Waals surface area contributed by atoms with Crippen LogP contribution in [0.25, 0.3) is 0 Å². The summed E-state index contributed by atoms with van der Waals surface area (Å²) in [5.41, 5.74) is -0.769. The van der Waals surface area contributed by atoms with Crippen LogP contribution < -0.4 is 0 Å². The minimum absolute atomic E-state index is 0.0429. The summed E-state index contributed by atoms with van der Waals surface area (Å²) in [5, 5.41) is 11.0. The molecule has 7 nitrogen and oxygen atoms in total. The number of sulfonamides is 1. The number of para-hydroxylation sites is 1. The Kier molecular flexibility index (Phi) is 3.10. The predicted molar refractivity (Wildman–Crippen MR) is 73.1 cm³/mol. The van der Waals surface area contributed by atoms with Crippen LogP contribution in [0.5, 0.6) is 0 Å². The fourth-order valence-electron chi connectivity index (χ4n) is 3.01. The Labute approximate surface area is 121 Å². The zero-order chi connectivity index (χ0) is 15.3. The van der Waals surface area contributed by atoms with Gasteiger partial charge in [-0.3, -0.25) is 10.1 Å². The van der Waals surface area contributed by atoms with Gasteiger partial charge in [-0.1, -0.05) is 12.1 Å². The summed E-state index contributed by atoms with van der Waals surface area (Å²) < 4.78 is 26.5. The SMILES string of the molecule is O=CC12CCN(S(=O)(=O)c3ccccc3[N+](=O)[O-])CC1C2. The van der Waals surface area contributed by atoms with E-state index in [2.05, 4.69) is 0 Å². The molecule has 3 rings (SSSR count). The van der Waals surface area contributed by atoms with E-state index in [1.165, 1.54) is 28.6 Å². The lowest BCUT2D eigenvalue weighted by Gasteiger charge is -2.28. The number of hydrogen-bond donors (Lipinski definition) is 0. The quantitative estimate of drug-likeness (QED) is 0.473. The molecule has 0 spiro atoms. The van der Waals surface area contributed by atoms with Gasteiger partial charge in [0.2, 0.25) is 10.0 Å². The van der Waals surface area contributed by atoms with Crippen molar-refractivity contribution in [2.24, 2.45) is 11.3 Å². The van der Waals surface area contributed by atoms with Gasteiger partial charge in [0.25, 0.3) is 5.69 Å². The Bertz CT molecular complexity index is 717. The number of carbonyl (C=O) groups excluding carboxylic acids is 1. The molecule has 0 radical (unpaired) electrons. The molecule has 8 heteroatoms. The van der Waals surface area contributed by atoms with E-state index in [1.54, 1.807) is 0 Å². The van der Waals surface area contributed by atoms with E-state index in [9.17, 15) is 23.3 Å². The molecule has 1 saturated carbocycles. The third kappa shape index (κ3) is 2.14. The molecule has 21 heavy (non-hydrogen) atoms. The second kappa shape index (κ2) is 4.60. The van der Waals surface area contributed by atoms with Crippen molar-refractivity contribution in [3.63, 3.8) is 0 Å². The topological polar surface area (TPSA) is 97.6 Å². The van der Waals surface area contributed by atoms with Crippen LogP contribution in [0.15, 0.2) is 29.2 Å². The first-order chi connectivity index (χ1) is 9.90. The third-order valence-corrected chi connectivity index (χ3v) is 6.36. The molecule has 1 aromatic carbocycles. The summed E-state index contributed by atoms with van der Waals surface area (Å²) in [6.45, 7) is 0.483. The maximum Gasteiger partial charge on any atom is 0.289 e. The van der Waals surface area contributed by atoms with Gasteiger partial charge in [0, 0.05) is 24.6 Å². The Morgan fingerprint density at radius 2 is 2.10 bits per heavy atom. The van der Waals surface area contributed by atoms with Crippen molar-refractivity contribution in [2.45, 2.75) is 17.7 Å². The van der Waals surface area contributed by atoms with E-state index >= 15 is 0 Å². The molecular weight excluding hydrogens is 296 g/mol. The zero-order valence-corrected chi connectivity index (χ0v) is 12.0. The largest absolute Gasteiger partial charge is 0.303 e. The molecule has 1 aliphatic heterocycles. The molecule has 2 unspecified atom stereocenters.